The van der Waals surface area contributed by atoms with Gasteiger partial charge in [0.1, 0.15) is 23.7 Å². The normalized spacial score (nSPS) is 10.3. The van der Waals surface area contributed by atoms with E-state index in [2.05, 4.69) is 31.9 Å². The number of carboxylic acids is 1. The van der Waals surface area contributed by atoms with Gasteiger partial charge in [-0.3, -0.25) is 0 Å². The third-order valence-corrected chi connectivity index (χ3v) is 3.59. The minimum atomic E-state index is -1.08. The number of rotatable bonds is 4. The van der Waals surface area contributed by atoms with E-state index in [9.17, 15) is 9.18 Å². The van der Waals surface area contributed by atoms with E-state index < -0.39 is 5.97 Å². The van der Waals surface area contributed by atoms with Crippen LogP contribution < -0.4 is 4.74 Å². The third kappa shape index (κ3) is 3.58. The summed E-state index contributed by atoms with van der Waals surface area (Å²) in [5.74, 6) is -1.24. The van der Waals surface area contributed by atoms with Crippen LogP contribution in [0.5, 0.6) is 5.75 Å². The van der Waals surface area contributed by atoms with Gasteiger partial charge in [0.05, 0.1) is 4.47 Å². The van der Waals surface area contributed by atoms with Gasteiger partial charge >= 0.3 is 5.97 Å². The summed E-state index contributed by atoms with van der Waals surface area (Å²) in [5.41, 5.74) is 0.652. The molecule has 3 nitrogen and oxygen atoms in total. The molecule has 0 aliphatic rings. The van der Waals surface area contributed by atoms with Crippen LogP contribution >= 0.6 is 31.9 Å². The fourth-order valence-electron chi connectivity index (χ4n) is 1.67. The zero-order valence-electron chi connectivity index (χ0n) is 10.1. The topological polar surface area (TPSA) is 46.5 Å². The lowest BCUT2D eigenvalue weighted by Crippen LogP contribution is -2.04. The van der Waals surface area contributed by atoms with E-state index in [0.717, 1.165) is 0 Å². The van der Waals surface area contributed by atoms with Crippen molar-refractivity contribution in [3.63, 3.8) is 0 Å². The molecule has 0 aliphatic heterocycles. The molecule has 0 radical (unpaired) electrons. The van der Waals surface area contributed by atoms with Gasteiger partial charge in [0.15, 0.2) is 0 Å². The lowest BCUT2D eigenvalue weighted by Gasteiger charge is -2.11. The zero-order valence-corrected chi connectivity index (χ0v) is 13.2. The van der Waals surface area contributed by atoms with E-state index in [0.29, 0.717) is 14.5 Å². The number of aromatic carboxylic acids is 1. The molecule has 0 unspecified atom stereocenters. The summed E-state index contributed by atoms with van der Waals surface area (Å²) >= 11 is 6.44. The second-order valence-corrected chi connectivity index (χ2v) is 5.76. The predicted octanol–water partition coefficient (Wildman–Crippen LogP) is 4.63. The van der Waals surface area contributed by atoms with Gasteiger partial charge in [-0.1, -0.05) is 22.0 Å². The highest BCUT2D eigenvalue weighted by Crippen LogP contribution is 2.30. The maximum absolute atomic E-state index is 13.3. The Morgan fingerprint density at radius 2 is 2.00 bits per heavy atom. The lowest BCUT2D eigenvalue weighted by molar-refractivity contribution is 0.0691. The summed E-state index contributed by atoms with van der Waals surface area (Å²) in [6, 6.07) is 9.12. The van der Waals surface area contributed by atoms with Crippen LogP contribution in [0.25, 0.3) is 0 Å². The number of hydrogen-bond donors (Lipinski definition) is 1. The quantitative estimate of drug-likeness (QED) is 0.809. The van der Waals surface area contributed by atoms with Crippen LogP contribution in [0.4, 0.5) is 4.39 Å². The Morgan fingerprint density at radius 3 is 2.65 bits per heavy atom. The van der Waals surface area contributed by atoms with Gasteiger partial charge in [0.25, 0.3) is 0 Å². The summed E-state index contributed by atoms with van der Waals surface area (Å²) < 4.78 is 19.9. The maximum Gasteiger partial charge on any atom is 0.339 e. The number of para-hydroxylation sites is 1. The maximum atomic E-state index is 13.3. The zero-order chi connectivity index (χ0) is 14.7. The van der Waals surface area contributed by atoms with Gasteiger partial charge < -0.3 is 9.84 Å². The first-order valence-electron chi connectivity index (χ1n) is 5.57. The number of hydrogen-bond acceptors (Lipinski definition) is 2. The van der Waals surface area contributed by atoms with Crippen molar-refractivity contribution < 1.29 is 19.0 Å². The standard InChI is InChI=1S/C14H9Br2FO3/c15-9-4-8(5-10(17)6-9)7-20-13-11(14(18)19)2-1-3-12(13)16/h1-6H,7H2,(H,18,19). The monoisotopic (exact) mass is 402 g/mol. The second kappa shape index (κ2) is 6.37. The van der Waals surface area contributed by atoms with Crippen molar-refractivity contribution >= 4 is 37.8 Å². The molecule has 0 saturated carbocycles. The number of carbonyl (C=O) groups is 1. The lowest BCUT2D eigenvalue weighted by atomic mass is 10.2. The Bertz CT molecular complexity index is 639. The first kappa shape index (κ1) is 15.0. The van der Waals surface area contributed by atoms with E-state index >= 15 is 0 Å². The van der Waals surface area contributed by atoms with Gasteiger partial charge in [-0.25, -0.2) is 9.18 Å². The summed E-state index contributed by atoms with van der Waals surface area (Å²) in [5, 5.41) is 9.11. The first-order valence-corrected chi connectivity index (χ1v) is 7.15. The molecule has 2 rings (SSSR count). The molecule has 0 aliphatic carbocycles. The average Bonchev–Trinajstić information content (AvgIpc) is 2.35. The van der Waals surface area contributed by atoms with Crippen LogP contribution in [0.2, 0.25) is 0 Å². The van der Waals surface area contributed by atoms with Gasteiger partial charge in [-0.2, -0.15) is 0 Å². The molecule has 0 bridgehead atoms. The molecular weight excluding hydrogens is 395 g/mol. The third-order valence-electron chi connectivity index (χ3n) is 2.50. The SMILES string of the molecule is O=C(O)c1cccc(Br)c1OCc1cc(F)cc(Br)c1. The molecule has 104 valence electrons. The Hall–Kier alpha value is -1.40. The number of ether oxygens (including phenoxy) is 1. The van der Waals surface area contributed by atoms with E-state index in [-0.39, 0.29) is 23.7 Å². The van der Waals surface area contributed by atoms with E-state index in [1.807, 2.05) is 0 Å². The smallest absolute Gasteiger partial charge is 0.339 e. The summed E-state index contributed by atoms with van der Waals surface area (Å²) in [6.45, 7) is 0.0687. The minimum Gasteiger partial charge on any atom is -0.487 e. The number of halogens is 3. The number of benzene rings is 2. The van der Waals surface area contributed by atoms with Gasteiger partial charge in [0, 0.05) is 4.47 Å². The van der Waals surface area contributed by atoms with Crippen LogP contribution in [0.15, 0.2) is 45.3 Å². The predicted molar refractivity (Wildman–Crippen MR) is 79.5 cm³/mol. The van der Waals surface area contributed by atoms with Crippen LogP contribution in [-0.2, 0) is 6.61 Å². The van der Waals surface area contributed by atoms with E-state index in [4.69, 9.17) is 9.84 Å². The first-order chi connectivity index (χ1) is 9.47. The van der Waals surface area contributed by atoms with Crippen molar-refractivity contribution in [3.05, 3.63) is 62.3 Å². The molecule has 2 aromatic rings. The molecule has 0 saturated heterocycles. The Balaban J connectivity index is 2.25. The summed E-state index contributed by atoms with van der Waals surface area (Å²) in [4.78, 5) is 11.1. The van der Waals surface area contributed by atoms with Crippen LogP contribution in [0.3, 0.4) is 0 Å². The number of carboxylic acid groups (broad SMARTS) is 1. The fourth-order valence-corrected chi connectivity index (χ4v) is 2.67. The van der Waals surface area contributed by atoms with E-state index in [1.165, 1.54) is 18.2 Å². The van der Waals surface area contributed by atoms with Crippen LogP contribution in [0, 0.1) is 5.82 Å². The van der Waals surface area contributed by atoms with Crippen molar-refractivity contribution in [1.82, 2.24) is 0 Å². The molecule has 1 N–H and O–H groups in total. The highest BCUT2D eigenvalue weighted by molar-refractivity contribution is 9.10. The van der Waals surface area contributed by atoms with Crippen molar-refractivity contribution in [2.75, 3.05) is 0 Å². The molecule has 0 spiro atoms. The van der Waals surface area contributed by atoms with Gasteiger partial charge in [-0.05, 0) is 51.8 Å². The minimum absolute atomic E-state index is 0.0508. The summed E-state index contributed by atoms with van der Waals surface area (Å²) in [6.07, 6.45) is 0. The molecule has 6 heteroatoms. The molecule has 0 heterocycles. The van der Waals surface area contributed by atoms with Gasteiger partial charge in [-0.15, -0.1) is 0 Å². The van der Waals surface area contributed by atoms with Crippen molar-refractivity contribution in [2.45, 2.75) is 6.61 Å². The second-order valence-electron chi connectivity index (χ2n) is 3.99. The molecule has 0 aromatic heterocycles. The Morgan fingerprint density at radius 1 is 1.25 bits per heavy atom. The van der Waals surface area contributed by atoms with Crippen molar-refractivity contribution in [2.24, 2.45) is 0 Å². The fraction of sp³-hybridized carbons (Fsp3) is 0.0714. The molecular formula is C14H9Br2FO3. The van der Waals surface area contributed by atoms with Crippen molar-refractivity contribution in [1.29, 1.82) is 0 Å². The molecule has 0 fully saturated rings. The molecule has 20 heavy (non-hydrogen) atoms. The summed E-state index contributed by atoms with van der Waals surface area (Å²) in [7, 11) is 0. The highest BCUT2D eigenvalue weighted by Gasteiger charge is 2.14. The Kier molecular flexibility index (Phi) is 4.77. The van der Waals surface area contributed by atoms with Crippen LogP contribution in [-0.4, -0.2) is 11.1 Å². The van der Waals surface area contributed by atoms with E-state index in [1.54, 1.807) is 18.2 Å². The molecule has 0 atom stereocenters. The Labute approximate surface area is 131 Å². The average molecular weight is 404 g/mol. The molecule has 0 amide bonds. The van der Waals surface area contributed by atoms with Crippen molar-refractivity contribution in [3.8, 4) is 5.75 Å². The largest absolute Gasteiger partial charge is 0.487 e. The van der Waals surface area contributed by atoms with Gasteiger partial charge in [0.2, 0.25) is 0 Å². The molecule has 2 aromatic carbocycles. The van der Waals surface area contributed by atoms with Crippen LogP contribution in [0.1, 0.15) is 15.9 Å². The highest BCUT2D eigenvalue weighted by atomic mass is 79.9.